The van der Waals surface area contributed by atoms with E-state index < -0.39 is 0 Å². The van der Waals surface area contributed by atoms with Gasteiger partial charge in [0.05, 0.1) is 13.0 Å². The van der Waals surface area contributed by atoms with Gasteiger partial charge >= 0.3 is 5.97 Å². The lowest BCUT2D eigenvalue weighted by Gasteiger charge is -2.11. The van der Waals surface area contributed by atoms with Gasteiger partial charge in [0, 0.05) is 22.6 Å². The summed E-state index contributed by atoms with van der Waals surface area (Å²) in [6.45, 7) is 5.66. The van der Waals surface area contributed by atoms with Crippen molar-refractivity contribution in [2.75, 3.05) is 13.7 Å². The zero-order valence-corrected chi connectivity index (χ0v) is 15.0. The van der Waals surface area contributed by atoms with Crippen LogP contribution in [0.5, 0.6) is 5.75 Å². The molecular formula is C20H23NO4. The van der Waals surface area contributed by atoms with E-state index in [1.54, 1.807) is 7.11 Å². The van der Waals surface area contributed by atoms with E-state index in [0.29, 0.717) is 11.5 Å². The molecule has 1 aliphatic rings. The third kappa shape index (κ3) is 3.45. The van der Waals surface area contributed by atoms with E-state index in [4.69, 9.17) is 9.47 Å². The molecule has 1 heterocycles. The number of ketones is 1. The lowest BCUT2D eigenvalue weighted by Crippen LogP contribution is -2.16. The molecule has 0 spiro atoms. The molecule has 0 radical (unpaired) electrons. The number of ether oxygens (including phenoxy) is 2. The second-order valence-corrected chi connectivity index (χ2v) is 6.67. The van der Waals surface area contributed by atoms with Crippen molar-refractivity contribution in [3.05, 3.63) is 47.3 Å². The molecule has 1 aromatic carbocycles. The monoisotopic (exact) mass is 341 g/mol. The van der Waals surface area contributed by atoms with Crippen molar-refractivity contribution in [1.29, 1.82) is 0 Å². The molecule has 25 heavy (non-hydrogen) atoms. The van der Waals surface area contributed by atoms with Gasteiger partial charge in [-0.05, 0) is 56.5 Å². The molecule has 0 aliphatic heterocycles. The first-order chi connectivity index (χ1) is 11.9. The number of carbonyl (C=O) groups is 2. The number of Topliss-reactive ketones (excluding diaryl/α,β-unsaturated/α-hetero) is 1. The number of rotatable bonds is 6. The summed E-state index contributed by atoms with van der Waals surface area (Å²) in [5.41, 5.74) is 3.33. The third-order valence-corrected chi connectivity index (χ3v) is 4.82. The van der Waals surface area contributed by atoms with Gasteiger partial charge in [0.25, 0.3) is 0 Å². The number of methoxy groups -OCH3 is 1. The van der Waals surface area contributed by atoms with Gasteiger partial charge in [0.15, 0.2) is 6.61 Å². The molecule has 0 unspecified atom stereocenters. The van der Waals surface area contributed by atoms with Crippen molar-refractivity contribution in [3.63, 3.8) is 0 Å². The van der Waals surface area contributed by atoms with Gasteiger partial charge in [0.1, 0.15) is 5.75 Å². The molecule has 1 saturated carbocycles. The minimum Gasteiger partial charge on any atom is -0.497 e. The van der Waals surface area contributed by atoms with Gasteiger partial charge in [-0.2, -0.15) is 0 Å². The van der Waals surface area contributed by atoms with E-state index in [1.165, 1.54) is 0 Å². The number of hydrogen-bond donors (Lipinski definition) is 0. The molecule has 2 atom stereocenters. The lowest BCUT2D eigenvalue weighted by molar-refractivity contribution is -0.144. The molecule has 2 aromatic rings. The summed E-state index contributed by atoms with van der Waals surface area (Å²) in [4.78, 5) is 24.3. The van der Waals surface area contributed by atoms with E-state index in [-0.39, 0.29) is 24.3 Å². The Morgan fingerprint density at radius 1 is 1.20 bits per heavy atom. The van der Waals surface area contributed by atoms with E-state index in [2.05, 4.69) is 0 Å². The van der Waals surface area contributed by atoms with Crippen molar-refractivity contribution in [2.45, 2.75) is 27.2 Å². The number of aryl methyl sites for hydroxylation is 1. The van der Waals surface area contributed by atoms with Crippen LogP contribution in [0, 0.1) is 25.7 Å². The topological polar surface area (TPSA) is 57.5 Å². The Bertz CT molecular complexity index is 804. The SMILES string of the molecule is COc1ccc(-n2c(C)cc(C(=O)COC(=O)[C@@H]3C[C@H]3C)c2C)cc1. The van der Waals surface area contributed by atoms with Crippen molar-refractivity contribution >= 4 is 11.8 Å². The van der Waals surface area contributed by atoms with Crippen molar-refractivity contribution in [2.24, 2.45) is 11.8 Å². The Morgan fingerprint density at radius 3 is 2.40 bits per heavy atom. The van der Waals surface area contributed by atoms with Crippen LogP contribution in [0.4, 0.5) is 0 Å². The zero-order valence-electron chi connectivity index (χ0n) is 15.0. The maximum Gasteiger partial charge on any atom is 0.309 e. The fourth-order valence-electron chi connectivity index (χ4n) is 3.15. The third-order valence-electron chi connectivity index (χ3n) is 4.82. The zero-order chi connectivity index (χ0) is 18.1. The highest BCUT2D eigenvalue weighted by molar-refractivity contribution is 5.99. The fraction of sp³-hybridized carbons (Fsp3) is 0.400. The van der Waals surface area contributed by atoms with Gasteiger partial charge in [0.2, 0.25) is 5.78 Å². The molecular weight excluding hydrogens is 318 g/mol. The van der Waals surface area contributed by atoms with Crippen LogP contribution in [-0.4, -0.2) is 30.0 Å². The van der Waals surface area contributed by atoms with Gasteiger partial charge in [-0.15, -0.1) is 0 Å². The molecule has 5 heteroatoms. The van der Waals surface area contributed by atoms with Crippen LogP contribution in [0.25, 0.3) is 5.69 Å². The second kappa shape index (κ2) is 6.75. The first-order valence-electron chi connectivity index (χ1n) is 8.45. The van der Waals surface area contributed by atoms with Crippen LogP contribution in [0.1, 0.15) is 35.1 Å². The van der Waals surface area contributed by atoms with Crippen molar-refractivity contribution in [1.82, 2.24) is 4.57 Å². The Kier molecular flexibility index (Phi) is 4.66. The van der Waals surface area contributed by atoms with Gasteiger partial charge < -0.3 is 14.0 Å². The average molecular weight is 341 g/mol. The van der Waals surface area contributed by atoms with E-state index in [1.807, 2.05) is 55.7 Å². The molecule has 132 valence electrons. The van der Waals surface area contributed by atoms with Gasteiger partial charge in [-0.1, -0.05) is 6.92 Å². The molecule has 1 aromatic heterocycles. The summed E-state index contributed by atoms with van der Waals surface area (Å²) in [5, 5.41) is 0. The summed E-state index contributed by atoms with van der Waals surface area (Å²) in [5.74, 6) is 0.699. The van der Waals surface area contributed by atoms with Crippen LogP contribution in [-0.2, 0) is 9.53 Å². The number of nitrogens with zero attached hydrogens (tertiary/aromatic N) is 1. The van der Waals surface area contributed by atoms with Gasteiger partial charge in [-0.3, -0.25) is 9.59 Å². The molecule has 0 bridgehead atoms. The van der Waals surface area contributed by atoms with Gasteiger partial charge in [-0.25, -0.2) is 0 Å². The molecule has 0 saturated heterocycles. The van der Waals surface area contributed by atoms with Crippen LogP contribution in [0.2, 0.25) is 0 Å². The van der Waals surface area contributed by atoms with E-state index >= 15 is 0 Å². The smallest absolute Gasteiger partial charge is 0.309 e. The number of esters is 1. The highest BCUT2D eigenvalue weighted by Gasteiger charge is 2.40. The molecule has 1 fully saturated rings. The minimum absolute atomic E-state index is 0.0282. The van der Waals surface area contributed by atoms with Crippen molar-refractivity contribution < 1.29 is 19.1 Å². The quantitative estimate of drug-likeness (QED) is 0.596. The Labute approximate surface area is 147 Å². The normalized spacial score (nSPS) is 18.7. The largest absolute Gasteiger partial charge is 0.497 e. The highest BCUT2D eigenvalue weighted by Crippen LogP contribution is 2.38. The summed E-state index contributed by atoms with van der Waals surface area (Å²) in [6.07, 6.45) is 0.860. The molecule has 5 nitrogen and oxygen atoms in total. The summed E-state index contributed by atoms with van der Waals surface area (Å²) < 4.78 is 12.4. The van der Waals surface area contributed by atoms with Crippen LogP contribution < -0.4 is 4.74 Å². The minimum atomic E-state index is -0.259. The van der Waals surface area contributed by atoms with E-state index in [0.717, 1.165) is 29.2 Å². The number of benzene rings is 1. The number of aromatic nitrogens is 1. The maximum absolute atomic E-state index is 12.5. The van der Waals surface area contributed by atoms with Crippen LogP contribution in [0.15, 0.2) is 30.3 Å². The highest BCUT2D eigenvalue weighted by atomic mass is 16.5. The van der Waals surface area contributed by atoms with Crippen LogP contribution >= 0.6 is 0 Å². The lowest BCUT2D eigenvalue weighted by atomic mass is 10.1. The Balaban J connectivity index is 1.76. The molecule has 1 aliphatic carbocycles. The molecule has 0 amide bonds. The first-order valence-corrected chi connectivity index (χ1v) is 8.45. The Hall–Kier alpha value is -2.56. The van der Waals surface area contributed by atoms with E-state index in [9.17, 15) is 9.59 Å². The summed E-state index contributed by atoms with van der Waals surface area (Å²) in [6, 6.07) is 9.50. The standard InChI is InChI=1S/C20H23NO4/c1-12-9-17(12)20(23)25-11-19(22)18-10-13(2)21(14(18)3)15-5-7-16(24-4)8-6-15/h5-8,10,12,17H,9,11H2,1-4H3/t12-,17-/m1/s1. The fourth-order valence-corrected chi connectivity index (χ4v) is 3.15. The maximum atomic E-state index is 12.5. The summed E-state index contributed by atoms with van der Waals surface area (Å²) in [7, 11) is 1.63. The first kappa shape index (κ1) is 17.3. The number of hydrogen-bond acceptors (Lipinski definition) is 4. The molecule has 0 N–H and O–H groups in total. The second-order valence-electron chi connectivity index (χ2n) is 6.67. The summed E-state index contributed by atoms with van der Waals surface area (Å²) >= 11 is 0. The predicted molar refractivity (Wildman–Crippen MR) is 94.4 cm³/mol. The van der Waals surface area contributed by atoms with Crippen LogP contribution in [0.3, 0.4) is 0 Å². The molecule has 3 rings (SSSR count). The number of carbonyl (C=O) groups excluding carboxylic acids is 2. The average Bonchev–Trinajstić information content (AvgIpc) is 3.26. The predicted octanol–water partition coefficient (Wildman–Crippen LogP) is 3.48. The van der Waals surface area contributed by atoms with Crippen molar-refractivity contribution in [3.8, 4) is 11.4 Å². The Morgan fingerprint density at radius 2 is 1.84 bits per heavy atom.